The number of halogens is 1. The lowest BCUT2D eigenvalue weighted by Crippen LogP contribution is -2.50. The highest BCUT2D eigenvalue weighted by Crippen LogP contribution is 2.24. The molecule has 0 saturated carbocycles. The van der Waals surface area contributed by atoms with Gasteiger partial charge < -0.3 is 4.90 Å². The van der Waals surface area contributed by atoms with Gasteiger partial charge in [0.05, 0.1) is 5.02 Å². The summed E-state index contributed by atoms with van der Waals surface area (Å²) < 4.78 is 26.3. The average molecular weight is 315 g/mol. The van der Waals surface area contributed by atoms with E-state index >= 15 is 0 Å². The van der Waals surface area contributed by atoms with Gasteiger partial charge in [-0.1, -0.05) is 30.3 Å². The van der Waals surface area contributed by atoms with Crippen molar-refractivity contribution in [3.63, 3.8) is 0 Å². The van der Waals surface area contributed by atoms with Crippen molar-refractivity contribution in [2.45, 2.75) is 4.90 Å². The fourth-order valence-corrected chi connectivity index (χ4v) is 3.99. The standard InChI is InChI=1S/C13H15ClN2O3S/c1-2-13(17)15-7-9-16(10-8-15)20(18,19)12-6-4-3-5-11(12)14/h2-6H,1,7-10H2. The van der Waals surface area contributed by atoms with Crippen molar-refractivity contribution >= 4 is 27.5 Å². The van der Waals surface area contributed by atoms with Gasteiger partial charge in [0.1, 0.15) is 4.90 Å². The van der Waals surface area contributed by atoms with Crippen molar-refractivity contribution in [2.24, 2.45) is 0 Å². The molecule has 0 aromatic heterocycles. The molecule has 1 amide bonds. The molecule has 0 N–H and O–H groups in total. The Hall–Kier alpha value is -1.37. The normalized spacial score (nSPS) is 16.9. The third kappa shape index (κ3) is 2.87. The van der Waals surface area contributed by atoms with Crippen LogP contribution in [0.3, 0.4) is 0 Å². The Balaban J connectivity index is 2.16. The molecule has 5 nitrogen and oxygen atoms in total. The SMILES string of the molecule is C=CC(=O)N1CCN(S(=O)(=O)c2ccccc2Cl)CC1. The van der Waals surface area contributed by atoms with Gasteiger partial charge in [0.15, 0.2) is 0 Å². The van der Waals surface area contributed by atoms with Gasteiger partial charge >= 0.3 is 0 Å². The van der Waals surface area contributed by atoms with Crippen molar-refractivity contribution in [2.75, 3.05) is 26.2 Å². The number of amides is 1. The summed E-state index contributed by atoms with van der Waals surface area (Å²) >= 11 is 5.95. The first-order valence-corrected chi connectivity index (χ1v) is 7.94. The van der Waals surface area contributed by atoms with Gasteiger partial charge in [-0.2, -0.15) is 4.31 Å². The molecule has 0 spiro atoms. The molecule has 7 heteroatoms. The summed E-state index contributed by atoms with van der Waals surface area (Å²) in [6.07, 6.45) is 1.23. The fourth-order valence-electron chi connectivity index (χ4n) is 2.07. The van der Waals surface area contributed by atoms with Crippen LogP contribution in [-0.4, -0.2) is 49.7 Å². The molecule has 1 aliphatic heterocycles. The van der Waals surface area contributed by atoms with E-state index in [-0.39, 0.29) is 28.9 Å². The molecule has 1 aromatic carbocycles. The van der Waals surface area contributed by atoms with Gasteiger partial charge in [-0.3, -0.25) is 4.79 Å². The van der Waals surface area contributed by atoms with Gasteiger partial charge in [0, 0.05) is 26.2 Å². The number of carbonyl (C=O) groups excluding carboxylic acids is 1. The predicted octanol–water partition coefficient (Wildman–Crippen LogP) is 1.36. The molecule has 1 saturated heterocycles. The molecule has 1 heterocycles. The Morgan fingerprint density at radius 1 is 1.20 bits per heavy atom. The number of nitrogens with zero attached hydrogens (tertiary/aromatic N) is 2. The van der Waals surface area contributed by atoms with E-state index in [2.05, 4.69) is 6.58 Å². The first-order chi connectivity index (χ1) is 9.46. The van der Waals surface area contributed by atoms with Crippen molar-refractivity contribution < 1.29 is 13.2 Å². The van der Waals surface area contributed by atoms with E-state index in [1.165, 1.54) is 16.4 Å². The third-order valence-electron chi connectivity index (χ3n) is 3.18. The van der Waals surface area contributed by atoms with Gasteiger partial charge in [0.2, 0.25) is 15.9 Å². The number of hydrogen-bond acceptors (Lipinski definition) is 3. The van der Waals surface area contributed by atoms with E-state index in [4.69, 9.17) is 11.6 Å². The maximum Gasteiger partial charge on any atom is 0.246 e. The van der Waals surface area contributed by atoms with E-state index in [9.17, 15) is 13.2 Å². The highest BCUT2D eigenvalue weighted by molar-refractivity contribution is 7.89. The molecule has 0 atom stereocenters. The molecule has 0 unspecified atom stereocenters. The molecule has 20 heavy (non-hydrogen) atoms. The Bertz CT molecular complexity index is 622. The van der Waals surface area contributed by atoms with Crippen molar-refractivity contribution in [3.05, 3.63) is 41.9 Å². The molecule has 0 bridgehead atoms. The second-order valence-electron chi connectivity index (χ2n) is 4.36. The lowest BCUT2D eigenvalue weighted by Gasteiger charge is -2.33. The van der Waals surface area contributed by atoms with Crippen molar-refractivity contribution in [3.8, 4) is 0 Å². The van der Waals surface area contributed by atoms with Crippen LogP contribution in [0.25, 0.3) is 0 Å². The average Bonchev–Trinajstić information content (AvgIpc) is 2.47. The Morgan fingerprint density at radius 3 is 2.35 bits per heavy atom. The molecule has 2 rings (SSSR count). The van der Waals surface area contributed by atoms with Crippen LogP contribution < -0.4 is 0 Å². The van der Waals surface area contributed by atoms with Crippen LogP contribution in [0.4, 0.5) is 0 Å². The first kappa shape index (κ1) is 15.0. The van der Waals surface area contributed by atoms with Crippen LogP contribution in [0.15, 0.2) is 41.8 Å². The third-order valence-corrected chi connectivity index (χ3v) is 5.58. The van der Waals surface area contributed by atoms with Gasteiger partial charge in [-0.25, -0.2) is 8.42 Å². The molecule has 1 fully saturated rings. The van der Waals surface area contributed by atoms with Gasteiger partial charge in [-0.05, 0) is 18.2 Å². The van der Waals surface area contributed by atoms with Crippen LogP contribution in [0.2, 0.25) is 5.02 Å². The number of rotatable bonds is 3. The Labute approximate surface area is 123 Å². The molecule has 1 aliphatic rings. The molecule has 0 radical (unpaired) electrons. The molecule has 108 valence electrons. The smallest absolute Gasteiger partial charge is 0.246 e. The monoisotopic (exact) mass is 314 g/mol. The lowest BCUT2D eigenvalue weighted by molar-refractivity contribution is -0.127. The van der Waals surface area contributed by atoms with Crippen LogP contribution >= 0.6 is 11.6 Å². The first-order valence-electron chi connectivity index (χ1n) is 6.13. The number of carbonyl (C=O) groups is 1. The maximum atomic E-state index is 12.5. The van der Waals surface area contributed by atoms with E-state index < -0.39 is 10.0 Å². The predicted molar refractivity (Wildman–Crippen MR) is 77.0 cm³/mol. The molecule has 0 aliphatic carbocycles. The van der Waals surface area contributed by atoms with Crippen LogP contribution in [0, 0.1) is 0 Å². The molecular formula is C13H15ClN2O3S. The van der Waals surface area contributed by atoms with E-state index in [1.807, 2.05) is 0 Å². The highest BCUT2D eigenvalue weighted by atomic mass is 35.5. The second-order valence-corrected chi connectivity index (χ2v) is 6.68. The minimum absolute atomic E-state index is 0.102. The van der Waals surface area contributed by atoms with Crippen LogP contribution in [0.1, 0.15) is 0 Å². The maximum absolute atomic E-state index is 12.5. The topological polar surface area (TPSA) is 57.7 Å². The number of piperazine rings is 1. The number of hydrogen-bond donors (Lipinski definition) is 0. The second kappa shape index (κ2) is 5.95. The van der Waals surface area contributed by atoms with Gasteiger partial charge in [0.25, 0.3) is 0 Å². The largest absolute Gasteiger partial charge is 0.337 e. The summed E-state index contributed by atoms with van der Waals surface area (Å²) in [4.78, 5) is 13.1. The highest BCUT2D eigenvalue weighted by Gasteiger charge is 2.30. The summed E-state index contributed by atoms with van der Waals surface area (Å²) in [5, 5.41) is 0.206. The minimum Gasteiger partial charge on any atom is -0.337 e. The number of benzene rings is 1. The van der Waals surface area contributed by atoms with E-state index in [0.29, 0.717) is 13.1 Å². The lowest BCUT2D eigenvalue weighted by atomic mass is 10.3. The zero-order chi connectivity index (χ0) is 14.8. The quantitative estimate of drug-likeness (QED) is 0.792. The summed E-state index contributed by atoms with van der Waals surface area (Å²) in [6.45, 7) is 4.65. The zero-order valence-electron chi connectivity index (χ0n) is 10.8. The summed E-state index contributed by atoms with van der Waals surface area (Å²) in [5.74, 6) is -0.181. The van der Waals surface area contributed by atoms with Crippen molar-refractivity contribution in [1.82, 2.24) is 9.21 Å². The molecule has 1 aromatic rings. The Morgan fingerprint density at radius 2 is 1.80 bits per heavy atom. The summed E-state index contributed by atoms with van der Waals surface area (Å²) in [7, 11) is -3.61. The summed E-state index contributed by atoms with van der Waals surface area (Å²) in [5.41, 5.74) is 0. The van der Waals surface area contributed by atoms with Crippen molar-refractivity contribution in [1.29, 1.82) is 0 Å². The van der Waals surface area contributed by atoms with Crippen LogP contribution in [-0.2, 0) is 14.8 Å². The van der Waals surface area contributed by atoms with E-state index in [0.717, 1.165) is 0 Å². The van der Waals surface area contributed by atoms with E-state index in [1.54, 1.807) is 23.1 Å². The number of sulfonamides is 1. The minimum atomic E-state index is -3.61. The Kier molecular flexibility index (Phi) is 4.47. The summed E-state index contributed by atoms with van der Waals surface area (Å²) in [6, 6.07) is 6.35. The fraction of sp³-hybridized carbons (Fsp3) is 0.308. The van der Waals surface area contributed by atoms with Crippen LogP contribution in [0.5, 0.6) is 0 Å². The van der Waals surface area contributed by atoms with Gasteiger partial charge in [-0.15, -0.1) is 0 Å². The molecular weight excluding hydrogens is 300 g/mol. The zero-order valence-corrected chi connectivity index (χ0v) is 12.4.